The third-order valence-electron chi connectivity index (χ3n) is 3.21. The summed E-state index contributed by atoms with van der Waals surface area (Å²) in [6.07, 6.45) is 5.82. The van der Waals surface area contributed by atoms with Crippen LogP contribution in [0.4, 0.5) is 0 Å². The molecule has 0 spiro atoms. The fourth-order valence-corrected chi connectivity index (χ4v) is 2.55. The van der Waals surface area contributed by atoms with E-state index >= 15 is 0 Å². The molecule has 1 aliphatic heterocycles. The average Bonchev–Trinajstić information content (AvgIpc) is 2.41. The number of fused-ring (bicyclic) bond motifs is 1. The third kappa shape index (κ3) is 0.789. The smallest absolute Gasteiger partial charge is 0.0574 e. The van der Waals surface area contributed by atoms with Crippen molar-refractivity contribution in [3.63, 3.8) is 0 Å². The lowest BCUT2D eigenvalue weighted by atomic mass is 10.0. The van der Waals surface area contributed by atoms with Crippen LogP contribution < -0.4 is 5.73 Å². The van der Waals surface area contributed by atoms with Gasteiger partial charge in [-0.2, -0.15) is 0 Å². The maximum Gasteiger partial charge on any atom is 0.0574 e. The van der Waals surface area contributed by atoms with E-state index in [0.717, 1.165) is 12.0 Å². The molecule has 0 amide bonds. The molecule has 2 N–H and O–H groups in total. The van der Waals surface area contributed by atoms with Crippen LogP contribution in [0.1, 0.15) is 25.7 Å². The number of nitrogens with two attached hydrogens (primary N) is 1. The molecule has 2 rings (SSSR count). The Morgan fingerprint density at radius 3 is 2.90 bits per heavy atom. The number of nitrogens with zero attached hydrogens (tertiary/aromatic N) is 1. The first-order valence-electron chi connectivity index (χ1n) is 4.26. The summed E-state index contributed by atoms with van der Waals surface area (Å²) in [4.78, 5) is 2.36. The number of hydrogen-bond donors (Lipinski definition) is 1. The average molecular weight is 140 g/mol. The molecule has 10 heavy (non-hydrogen) atoms. The van der Waals surface area contributed by atoms with Crippen LogP contribution >= 0.6 is 0 Å². The highest BCUT2D eigenvalue weighted by Crippen LogP contribution is 2.38. The number of hydrogen-bond acceptors (Lipinski definition) is 2. The van der Waals surface area contributed by atoms with Gasteiger partial charge in [0.15, 0.2) is 0 Å². The topological polar surface area (TPSA) is 29.3 Å². The Morgan fingerprint density at radius 2 is 2.20 bits per heavy atom. The highest BCUT2D eigenvalue weighted by molar-refractivity contribution is 4.93. The second-order valence-electron chi connectivity index (χ2n) is 3.73. The van der Waals surface area contributed by atoms with Crippen LogP contribution in [-0.2, 0) is 0 Å². The van der Waals surface area contributed by atoms with Crippen molar-refractivity contribution in [2.45, 2.75) is 37.9 Å². The molecule has 0 bridgehead atoms. The summed E-state index contributed by atoms with van der Waals surface area (Å²) in [6, 6.07) is 0.829. The summed E-state index contributed by atoms with van der Waals surface area (Å²) in [5.41, 5.74) is 5.89. The molecule has 1 heterocycles. The van der Waals surface area contributed by atoms with E-state index in [1.165, 1.54) is 25.7 Å². The van der Waals surface area contributed by atoms with Crippen molar-refractivity contribution < 1.29 is 0 Å². The Balaban J connectivity index is 2.09. The van der Waals surface area contributed by atoms with E-state index in [-0.39, 0.29) is 0 Å². The largest absolute Gasteiger partial charge is 0.316 e. The van der Waals surface area contributed by atoms with Gasteiger partial charge < -0.3 is 5.73 Å². The van der Waals surface area contributed by atoms with Crippen molar-refractivity contribution in [1.82, 2.24) is 4.90 Å². The predicted molar refractivity (Wildman–Crippen MR) is 41.5 cm³/mol. The molecule has 1 saturated carbocycles. The molecule has 0 aromatic rings. The molecular weight excluding hydrogens is 124 g/mol. The van der Waals surface area contributed by atoms with E-state index in [1.807, 2.05) is 0 Å². The molecule has 1 saturated heterocycles. The van der Waals surface area contributed by atoms with Gasteiger partial charge in [0, 0.05) is 6.04 Å². The molecule has 3 atom stereocenters. The van der Waals surface area contributed by atoms with Crippen LogP contribution in [0.2, 0.25) is 0 Å². The van der Waals surface area contributed by atoms with Gasteiger partial charge in [0.05, 0.1) is 6.17 Å². The van der Waals surface area contributed by atoms with Gasteiger partial charge in [0.1, 0.15) is 0 Å². The second-order valence-corrected chi connectivity index (χ2v) is 3.73. The Morgan fingerprint density at radius 1 is 1.40 bits per heavy atom. The fourth-order valence-electron chi connectivity index (χ4n) is 2.55. The van der Waals surface area contributed by atoms with Crippen LogP contribution in [0.15, 0.2) is 0 Å². The molecule has 0 aromatic heterocycles. The second kappa shape index (κ2) is 2.21. The standard InChI is InChI=1S/C8H16N2/c1-10-7-4-2-3-6(7)5-8(10)9/h6-8H,2-5,9H2,1H3. The third-order valence-corrected chi connectivity index (χ3v) is 3.21. The van der Waals surface area contributed by atoms with Crippen molar-refractivity contribution in [3.05, 3.63) is 0 Å². The minimum atomic E-state index is 0.357. The molecule has 3 unspecified atom stereocenters. The molecule has 2 nitrogen and oxygen atoms in total. The summed E-state index contributed by atoms with van der Waals surface area (Å²) >= 11 is 0. The first kappa shape index (κ1) is 6.62. The predicted octanol–water partition coefficient (Wildman–Crippen LogP) is 0.775. The molecule has 1 aliphatic carbocycles. The zero-order valence-electron chi connectivity index (χ0n) is 6.59. The number of rotatable bonds is 0. The van der Waals surface area contributed by atoms with Gasteiger partial charge in [0.2, 0.25) is 0 Å². The highest BCUT2D eigenvalue weighted by atomic mass is 15.3. The fraction of sp³-hybridized carbons (Fsp3) is 1.00. The van der Waals surface area contributed by atoms with E-state index in [1.54, 1.807) is 0 Å². The Labute approximate surface area is 62.4 Å². The Hall–Kier alpha value is -0.0800. The zero-order valence-corrected chi connectivity index (χ0v) is 6.59. The van der Waals surface area contributed by atoms with Gasteiger partial charge in [-0.15, -0.1) is 0 Å². The van der Waals surface area contributed by atoms with Crippen molar-refractivity contribution >= 4 is 0 Å². The van der Waals surface area contributed by atoms with Crippen molar-refractivity contribution in [3.8, 4) is 0 Å². The molecule has 2 aliphatic rings. The Bertz CT molecular complexity index is 133. The van der Waals surface area contributed by atoms with E-state index in [4.69, 9.17) is 5.73 Å². The first-order chi connectivity index (χ1) is 4.79. The van der Waals surface area contributed by atoms with E-state index in [9.17, 15) is 0 Å². The molecule has 0 radical (unpaired) electrons. The lowest BCUT2D eigenvalue weighted by molar-refractivity contribution is 0.237. The van der Waals surface area contributed by atoms with Crippen molar-refractivity contribution in [2.24, 2.45) is 11.7 Å². The van der Waals surface area contributed by atoms with Gasteiger partial charge in [-0.3, -0.25) is 4.90 Å². The highest BCUT2D eigenvalue weighted by Gasteiger charge is 2.39. The molecule has 2 heteroatoms. The van der Waals surface area contributed by atoms with E-state index < -0.39 is 0 Å². The van der Waals surface area contributed by atoms with Crippen molar-refractivity contribution in [2.75, 3.05) is 7.05 Å². The molecular formula is C8H16N2. The van der Waals surface area contributed by atoms with Crippen LogP contribution in [-0.4, -0.2) is 24.2 Å². The lowest BCUT2D eigenvalue weighted by Crippen LogP contribution is -2.37. The summed E-state index contributed by atoms with van der Waals surface area (Å²) in [5.74, 6) is 0.931. The molecule has 2 fully saturated rings. The normalized spacial score (nSPS) is 48.0. The summed E-state index contributed by atoms with van der Waals surface area (Å²) in [6.45, 7) is 0. The van der Waals surface area contributed by atoms with Gasteiger partial charge >= 0.3 is 0 Å². The summed E-state index contributed by atoms with van der Waals surface area (Å²) in [7, 11) is 2.17. The van der Waals surface area contributed by atoms with Gasteiger partial charge in [-0.25, -0.2) is 0 Å². The molecule has 58 valence electrons. The van der Waals surface area contributed by atoms with Gasteiger partial charge in [-0.1, -0.05) is 6.42 Å². The molecule has 0 aromatic carbocycles. The maximum atomic E-state index is 5.89. The van der Waals surface area contributed by atoms with Gasteiger partial charge in [-0.05, 0) is 32.2 Å². The quantitative estimate of drug-likeness (QED) is 0.538. The minimum Gasteiger partial charge on any atom is -0.316 e. The van der Waals surface area contributed by atoms with Crippen LogP contribution in [0.5, 0.6) is 0 Å². The maximum absolute atomic E-state index is 5.89. The first-order valence-corrected chi connectivity index (χ1v) is 4.26. The number of likely N-dealkylation sites (tertiary alicyclic amines) is 1. The van der Waals surface area contributed by atoms with E-state index in [2.05, 4.69) is 11.9 Å². The summed E-state index contributed by atoms with van der Waals surface area (Å²) < 4.78 is 0. The van der Waals surface area contributed by atoms with Crippen molar-refractivity contribution in [1.29, 1.82) is 0 Å². The lowest BCUT2D eigenvalue weighted by Gasteiger charge is -2.21. The Kier molecular flexibility index (Phi) is 1.46. The van der Waals surface area contributed by atoms with E-state index in [0.29, 0.717) is 6.17 Å². The SMILES string of the molecule is CN1C(N)CC2CCCC21. The van der Waals surface area contributed by atoms with Gasteiger partial charge in [0.25, 0.3) is 0 Å². The minimum absolute atomic E-state index is 0.357. The summed E-state index contributed by atoms with van der Waals surface area (Å²) in [5, 5.41) is 0. The van der Waals surface area contributed by atoms with Crippen LogP contribution in [0.3, 0.4) is 0 Å². The monoisotopic (exact) mass is 140 g/mol. The van der Waals surface area contributed by atoms with Crippen LogP contribution in [0, 0.1) is 5.92 Å². The zero-order chi connectivity index (χ0) is 7.14. The van der Waals surface area contributed by atoms with Crippen LogP contribution in [0.25, 0.3) is 0 Å².